The third kappa shape index (κ3) is 2.07. The maximum atomic E-state index is 5.80. The van der Waals surface area contributed by atoms with Gasteiger partial charge in [-0.15, -0.1) is 0 Å². The van der Waals surface area contributed by atoms with Crippen LogP contribution in [0.4, 0.5) is 11.4 Å². The zero-order valence-corrected chi connectivity index (χ0v) is 9.36. The van der Waals surface area contributed by atoms with E-state index in [9.17, 15) is 0 Å². The van der Waals surface area contributed by atoms with Gasteiger partial charge in [0.1, 0.15) is 0 Å². The van der Waals surface area contributed by atoms with Crippen molar-refractivity contribution in [2.24, 2.45) is 0 Å². The van der Waals surface area contributed by atoms with E-state index < -0.39 is 0 Å². The maximum absolute atomic E-state index is 5.80. The smallest absolute Gasteiger partial charge is 0.0762 e. The van der Waals surface area contributed by atoms with Crippen molar-refractivity contribution in [2.45, 2.75) is 19.4 Å². The predicted molar refractivity (Wildman–Crippen MR) is 63.2 cm³/mol. The first-order chi connectivity index (χ1) is 7.20. The average molecular weight is 206 g/mol. The molecule has 1 saturated heterocycles. The Morgan fingerprint density at radius 1 is 1.47 bits per heavy atom. The van der Waals surface area contributed by atoms with Crippen molar-refractivity contribution in [3.05, 3.63) is 23.8 Å². The summed E-state index contributed by atoms with van der Waals surface area (Å²) in [6.07, 6.45) is 1.47. The summed E-state index contributed by atoms with van der Waals surface area (Å²) < 4.78 is 5.36. The van der Waals surface area contributed by atoms with E-state index in [1.165, 1.54) is 11.3 Å². The molecule has 2 rings (SSSR count). The van der Waals surface area contributed by atoms with Crippen LogP contribution in [-0.2, 0) is 4.74 Å². The Morgan fingerprint density at radius 2 is 2.27 bits per heavy atom. The number of nitrogen functional groups attached to an aromatic ring is 1. The van der Waals surface area contributed by atoms with E-state index in [-0.39, 0.29) is 0 Å². The van der Waals surface area contributed by atoms with Crippen LogP contribution in [0, 0.1) is 6.92 Å². The van der Waals surface area contributed by atoms with Gasteiger partial charge >= 0.3 is 0 Å². The minimum absolute atomic E-state index is 0.367. The van der Waals surface area contributed by atoms with E-state index >= 15 is 0 Å². The van der Waals surface area contributed by atoms with Crippen molar-refractivity contribution < 1.29 is 4.74 Å². The first kappa shape index (κ1) is 10.3. The third-order valence-corrected chi connectivity index (χ3v) is 3.05. The molecule has 1 unspecified atom stereocenters. The van der Waals surface area contributed by atoms with Gasteiger partial charge in [-0.05, 0) is 31.0 Å². The number of hydrogen-bond donors (Lipinski definition) is 1. The van der Waals surface area contributed by atoms with Crippen LogP contribution in [-0.4, -0.2) is 26.3 Å². The molecule has 3 heteroatoms. The second-order valence-corrected chi connectivity index (χ2v) is 4.14. The molecule has 0 radical (unpaired) electrons. The van der Waals surface area contributed by atoms with E-state index in [0.29, 0.717) is 6.10 Å². The van der Waals surface area contributed by atoms with Crippen molar-refractivity contribution in [1.29, 1.82) is 0 Å². The van der Waals surface area contributed by atoms with Crippen LogP contribution in [0.5, 0.6) is 0 Å². The summed E-state index contributed by atoms with van der Waals surface area (Å²) in [6, 6.07) is 6.07. The Kier molecular flexibility index (Phi) is 2.82. The van der Waals surface area contributed by atoms with Crippen molar-refractivity contribution in [1.82, 2.24) is 0 Å². The van der Waals surface area contributed by atoms with Gasteiger partial charge in [0, 0.05) is 31.6 Å². The number of nitrogens with two attached hydrogens (primary N) is 1. The van der Waals surface area contributed by atoms with Gasteiger partial charge in [-0.3, -0.25) is 0 Å². The lowest BCUT2D eigenvalue weighted by Crippen LogP contribution is -2.22. The highest BCUT2D eigenvalue weighted by Crippen LogP contribution is 2.26. The molecule has 1 aromatic carbocycles. The number of methoxy groups -OCH3 is 1. The van der Waals surface area contributed by atoms with Gasteiger partial charge in [0.05, 0.1) is 6.10 Å². The molecule has 82 valence electrons. The summed E-state index contributed by atoms with van der Waals surface area (Å²) in [5, 5.41) is 0. The summed E-state index contributed by atoms with van der Waals surface area (Å²) in [7, 11) is 1.78. The molecule has 0 spiro atoms. The molecular formula is C12H18N2O. The molecule has 1 fully saturated rings. The topological polar surface area (TPSA) is 38.5 Å². The van der Waals surface area contributed by atoms with Gasteiger partial charge in [0.25, 0.3) is 0 Å². The van der Waals surface area contributed by atoms with E-state index in [2.05, 4.69) is 17.9 Å². The fourth-order valence-electron chi connectivity index (χ4n) is 2.11. The van der Waals surface area contributed by atoms with Crippen LogP contribution in [0.2, 0.25) is 0 Å². The lowest BCUT2D eigenvalue weighted by Gasteiger charge is -2.21. The second-order valence-electron chi connectivity index (χ2n) is 4.14. The number of nitrogens with zero attached hydrogens (tertiary/aromatic N) is 1. The highest BCUT2D eigenvalue weighted by Gasteiger charge is 2.23. The zero-order chi connectivity index (χ0) is 10.8. The third-order valence-electron chi connectivity index (χ3n) is 3.05. The first-order valence-electron chi connectivity index (χ1n) is 5.34. The predicted octanol–water partition coefficient (Wildman–Crippen LogP) is 1.80. The molecular weight excluding hydrogens is 188 g/mol. The minimum Gasteiger partial charge on any atom is -0.399 e. The van der Waals surface area contributed by atoms with Crippen LogP contribution in [0.15, 0.2) is 18.2 Å². The molecule has 0 aliphatic carbocycles. The SMILES string of the molecule is COC1CCN(c2cc(N)ccc2C)C1. The highest BCUT2D eigenvalue weighted by molar-refractivity contribution is 5.61. The van der Waals surface area contributed by atoms with Crippen LogP contribution in [0.1, 0.15) is 12.0 Å². The number of ether oxygens (including phenoxy) is 1. The molecule has 0 saturated carbocycles. The Morgan fingerprint density at radius 3 is 2.93 bits per heavy atom. The van der Waals surface area contributed by atoms with Crippen LogP contribution in [0.3, 0.4) is 0 Å². The van der Waals surface area contributed by atoms with E-state index in [0.717, 1.165) is 25.2 Å². The molecule has 1 aliphatic heterocycles. The quantitative estimate of drug-likeness (QED) is 0.750. The van der Waals surface area contributed by atoms with Gasteiger partial charge < -0.3 is 15.4 Å². The first-order valence-corrected chi connectivity index (χ1v) is 5.34. The van der Waals surface area contributed by atoms with Crippen LogP contribution in [0.25, 0.3) is 0 Å². The molecule has 0 amide bonds. The molecule has 3 nitrogen and oxygen atoms in total. The molecule has 0 aromatic heterocycles. The number of anilines is 2. The summed E-state index contributed by atoms with van der Waals surface area (Å²) >= 11 is 0. The Hall–Kier alpha value is -1.22. The molecule has 1 heterocycles. The van der Waals surface area contributed by atoms with Gasteiger partial charge in [-0.2, -0.15) is 0 Å². The van der Waals surface area contributed by atoms with Crippen molar-refractivity contribution >= 4 is 11.4 Å². The zero-order valence-electron chi connectivity index (χ0n) is 9.36. The molecule has 15 heavy (non-hydrogen) atoms. The minimum atomic E-state index is 0.367. The van der Waals surface area contributed by atoms with Crippen LogP contribution < -0.4 is 10.6 Å². The van der Waals surface area contributed by atoms with E-state index in [4.69, 9.17) is 10.5 Å². The maximum Gasteiger partial charge on any atom is 0.0762 e. The standard InChI is InChI=1S/C12H18N2O/c1-9-3-4-10(13)7-12(9)14-6-5-11(8-14)15-2/h3-4,7,11H,5-6,8,13H2,1-2H3. The van der Waals surface area contributed by atoms with Gasteiger partial charge in [-0.1, -0.05) is 6.07 Å². The molecule has 1 aromatic rings. The summed E-state index contributed by atoms with van der Waals surface area (Å²) in [5.74, 6) is 0. The number of aryl methyl sites for hydroxylation is 1. The number of hydrogen-bond acceptors (Lipinski definition) is 3. The Balaban J connectivity index is 2.19. The monoisotopic (exact) mass is 206 g/mol. The Bertz CT molecular complexity index is 351. The lowest BCUT2D eigenvalue weighted by molar-refractivity contribution is 0.121. The molecule has 0 bridgehead atoms. The summed E-state index contributed by atoms with van der Waals surface area (Å²) in [6.45, 7) is 4.15. The van der Waals surface area contributed by atoms with E-state index in [1.807, 2.05) is 12.1 Å². The average Bonchev–Trinajstić information content (AvgIpc) is 2.70. The van der Waals surface area contributed by atoms with E-state index in [1.54, 1.807) is 7.11 Å². The van der Waals surface area contributed by atoms with Gasteiger partial charge in [0.15, 0.2) is 0 Å². The van der Waals surface area contributed by atoms with Gasteiger partial charge in [-0.25, -0.2) is 0 Å². The summed E-state index contributed by atoms with van der Waals surface area (Å²) in [5.41, 5.74) is 9.16. The fraction of sp³-hybridized carbons (Fsp3) is 0.500. The lowest BCUT2D eigenvalue weighted by atomic mass is 10.1. The van der Waals surface area contributed by atoms with Crippen molar-refractivity contribution in [3.63, 3.8) is 0 Å². The summed E-state index contributed by atoms with van der Waals surface area (Å²) in [4.78, 5) is 2.35. The molecule has 2 N–H and O–H groups in total. The fourth-order valence-corrected chi connectivity index (χ4v) is 2.11. The highest BCUT2D eigenvalue weighted by atomic mass is 16.5. The number of benzene rings is 1. The molecule has 1 atom stereocenters. The normalized spacial score (nSPS) is 20.9. The Labute approximate surface area is 90.8 Å². The largest absolute Gasteiger partial charge is 0.399 e. The number of rotatable bonds is 2. The second kappa shape index (κ2) is 4.11. The van der Waals surface area contributed by atoms with Crippen LogP contribution >= 0.6 is 0 Å². The van der Waals surface area contributed by atoms with Crippen molar-refractivity contribution in [2.75, 3.05) is 30.8 Å². The van der Waals surface area contributed by atoms with Gasteiger partial charge in [0.2, 0.25) is 0 Å². The molecule has 1 aliphatic rings. The van der Waals surface area contributed by atoms with Crippen molar-refractivity contribution in [3.8, 4) is 0 Å².